The summed E-state index contributed by atoms with van der Waals surface area (Å²) in [6.45, 7) is 5.48. The second kappa shape index (κ2) is 7.02. The first-order valence-electron chi connectivity index (χ1n) is 7.29. The molecule has 130 valence electrons. The van der Waals surface area contributed by atoms with Crippen LogP contribution in [0.1, 0.15) is 23.9 Å². The molecule has 1 atom stereocenters. The van der Waals surface area contributed by atoms with E-state index in [9.17, 15) is 13.2 Å². The lowest BCUT2D eigenvalue weighted by molar-refractivity contribution is -0.122. The molecule has 2 rings (SSSR count). The number of hydrogen-bond acceptors (Lipinski definition) is 5. The molecule has 7 nitrogen and oxygen atoms in total. The molecule has 0 radical (unpaired) electrons. The van der Waals surface area contributed by atoms with Crippen LogP contribution in [0.15, 0.2) is 27.8 Å². The van der Waals surface area contributed by atoms with Crippen LogP contribution in [0.2, 0.25) is 0 Å². The number of pyridine rings is 1. The molecule has 0 bridgehead atoms. The molecule has 0 aliphatic carbocycles. The molecule has 1 N–H and O–H groups in total. The number of rotatable bonds is 5. The van der Waals surface area contributed by atoms with Crippen molar-refractivity contribution in [2.24, 2.45) is 13.0 Å². The Kier molecular flexibility index (Phi) is 5.44. The summed E-state index contributed by atoms with van der Waals surface area (Å²) in [5.41, 5.74) is 2.77. The van der Waals surface area contributed by atoms with Crippen LogP contribution in [0, 0.1) is 19.8 Å². The molecule has 0 aromatic carbocycles. The molecule has 0 spiro atoms. The summed E-state index contributed by atoms with van der Waals surface area (Å²) in [4.78, 5) is 16.1. The van der Waals surface area contributed by atoms with Gasteiger partial charge in [-0.05, 0) is 53.9 Å². The maximum absolute atomic E-state index is 12.3. The number of aryl methyl sites for hydroxylation is 2. The van der Waals surface area contributed by atoms with Crippen LogP contribution in [0.5, 0.6) is 0 Å². The van der Waals surface area contributed by atoms with Gasteiger partial charge in [-0.15, -0.1) is 0 Å². The first-order chi connectivity index (χ1) is 11.1. The number of halogens is 1. The van der Waals surface area contributed by atoms with Gasteiger partial charge in [-0.25, -0.2) is 18.1 Å². The van der Waals surface area contributed by atoms with Crippen LogP contribution >= 0.6 is 15.9 Å². The molecule has 0 aliphatic heterocycles. The van der Waals surface area contributed by atoms with E-state index in [1.54, 1.807) is 11.6 Å². The number of nitrogens with zero attached hydrogens (tertiary/aromatic N) is 3. The fourth-order valence-electron chi connectivity index (χ4n) is 2.32. The number of nitrogens with one attached hydrogen (secondary N) is 1. The lowest BCUT2D eigenvalue weighted by Crippen LogP contribution is -2.35. The van der Waals surface area contributed by atoms with Gasteiger partial charge in [0.1, 0.15) is 9.50 Å². The van der Waals surface area contributed by atoms with E-state index in [2.05, 4.69) is 30.7 Å². The van der Waals surface area contributed by atoms with Gasteiger partial charge in [0, 0.05) is 24.9 Å². The van der Waals surface area contributed by atoms with Crippen LogP contribution in [0.25, 0.3) is 0 Å². The summed E-state index contributed by atoms with van der Waals surface area (Å²) < 4.78 is 28.9. The normalized spacial score (nSPS) is 12.9. The molecule has 9 heteroatoms. The maximum Gasteiger partial charge on any atom is 0.265 e. The van der Waals surface area contributed by atoms with Crippen molar-refractivity contribution in [3.63, 3.8) is 0 Å². The van der Waals surface area contributed by atoms with Gasteiger partial charge in [-0.2, -0.15) is 5.10 Å². The van der Waals surface area contributed by atoms with E-state index < -0.39 is 21.8 Å². The standard InChI is InChI=1S/C15H19BrN4O3S/c1-9(7-13-10(2)18-20(4)11(13)3)15(21)19-24(22,23)12-5-6-14(16)17-8-12/h5-6,8-9H,7H2,1-4H3,(H,19,21). The van der Waals surface area contributed by atoms with Gasteiger partial charge in [-0.1, -0.05) is 6.92 Å². The van der Waals surface area contributed by atoms with Crippen molar-refractivity contribution < 1.29 is 13.2 Å². The smallest absolute Gasteiger partial charge is 0.265 e. The molecular weight excluding hydrogens is 396 g/mol. The Balaban J connectivity index is 2.12. The van der Waals surface area contributed by atoms with Crippen LogP contribution in [-0.2, 0) is 28.3 Å². The highest BCUT2D eigenvalue weighted by Crippen LogP contribution is 2.18. The third kappa shape index (κ3) is 4.02. The third-order valence-electron chi connectivity index (χ3n) is 3.86. The van der Waals surface area contributed by atoms with Gasteiger partial charge in [0.25, 0.3) is 10.0 Å². The Labute approximate surface area is 149 Å². The number of sulfonamides is 1. The second-order valence-corrected chi connectivity index (χ2v) is 8.16. The molecule has 24 heavy (non-hydrogen) atoms. The van der Waals surface area contributed by atoms with Crippen LogP contribution in [0.3, 0.4) is 0 Å². The summed E-state index contributed by atoms with van der Waals surface area (Å²) in [5, 5.41) is 4.31. The molecule has 1 unspecified atom stereocenters. The average Bonchev–Trinajstić information content (AvgIpc) is 2.73. The zero-order valence-electron chi connectivity index (χ0n) is 13.9. The average molecular weight is 415 g/mol. The van der Waals surface area contributed by atoms with Crippen molar-refractivity contribution in [3.05, 3.63) is 39.9 Å². The number of aromatic nitrogens is 3. The highest BCUT2D eigenvalue weighted by Gasteiger charge is 2.24. The van der Waals surface area contributed by atoms with E-state index in [-0.39, 0.29) is 4.90 Å². The SMILES string of the molecule is Cc1nn(C)c(C)c1CC(C)C(=O)NS(=O)(=O)c1ccc(Br)nc1. The van der Waals surface area contributed by atoms with Gasteiger partial charge < -0.3 is 0 Å². The highest BCUT2D eigenvalue weighted by molar-refractivity contribution is 9.10. The van der Waals surface area contributed by atoms with Gasteiger partial charge in [0.2, 0.25) is 5.91 Å². The Morgan fingerprint density at radius 2 is 2.04 bits per heavy atom. The topological polar surface area (TPSA) is 94.0 Å². The minimum Gasteiger partial charge on any atom is -0.274 e. The van der Waals surface area contributed by atoms with Crippen LogP contribution in [-0.4, -0.2) is 29.1 Å². The predicted octanol–water partition coefficient (Wildman–Crippen LogP) is 1.88. The Hall–Kier alpha value is -1.74. The summed E-state index contributed by atoms with van der Waals surface area (Å²) in [6.07, 6.45) is 1.62. The first-order valence-corrected chi connectivity index (χ1v) is 9.56. The van der Waals surface area contributed by atoms with Crippen molar-refractivity contribution in [1.82, 2.24) is 19.5 Å². The van der Waals surface area contributed by atoms with Crippen molar-refractivity contribution in [2.45, 2.75) is 32.1 Å². The summed E-state index contributed by atoms with van der Waals surface area (Å²) in [5.74, 6) is -1.06. The largest absolute Gasteiger partial charge is 0.274 e. The quantitative estimate of drug-likeness (QED) is 0.753. The zero-order valence-corrected chi connectivity index (χ0v) is 16.3. The second-order valence-electron chi connectivity index (χ2n) is 5.66. The van der Waals surface area contributed by atoms with E-state index in [1.807, 2.05) is 20.9 Å². The molecule has 0 aliphatic rings. The number of carbonyl (C=O) groups excluding carboxylic acids is 1. The molecule has 1 amide bonds. The van der Waals surface area contributed by atoms with Crippen LogP contribution < -0.4 is 4.72 Å². The van der Waals surface area contributed by atoms with Crippen molar-refractivity contribution in [2.75, 3.05) is 0 Å². The van der Waals surface area contributed by atoms with E-state index in [4.69, 9.17) is 0 Å². The molecule has 2 aromatic rings. The van der Waals surface area contributed by atoms with Gasteiger partial charge in [0.15, 0.2) is 0 Å². The Morgan fingerprint density at radius 3 is 2.54 bits per heavy atom. The Morgan fingerprint density at radius 1 is 1.38 bits per heavy atom. The first kappa shape index (κ1) is 18.6. The lowest BCUT2D eigenvalue weighted by atomic mass is 9.99. The molecule has 0 saturated heterocycles. The lowest BCUT2D eigenvalue weighted by Gasteiger charge is -2.13. The number of hydrogen-bond donors (Lipinski definition) is 1. The maximum atomic E-state index is 12.3. The summed E-state index contributed by atoms with van der Waals surface area (Å²) in [6, 6.07) is 2.89. The minimum absolute atomic E-state index is 0.0556. The van der Waals surface area contributed by atoms with Crippen molar-refractivity contribution >= 4 is 31.9 Å². The van der Waals surface area contributed by atoms with E-state index in [1.165, 1.54) is 18.3 Å². The number of carbonyl (C=O) groups is 1. The third-order valence-corrected chi connectivity index (χ3v) is 5.66. The molecule has 0 saturated carbocycles. The van der Waals surface area contributed by atoms with E-state index in [0.717, 1.165) is 17.0 Å². The van der Waals surface area contributed by atoms with Gasteiger partial charge >= 0.3 is 0 Å². The van der Waals surface area contributed by atoms with Gasteiger partial charge in [0.05, 0.1) is 5.69 Å². The van der Waals surface area contributed by atoms with Gasteiger partial charge in [-0.3, -0.25) is 9.48 Å². The highest BCUT2D eigenvalue weighted by atomic mass is 79.9. The van der Waals surface area contributed by atoms with Crippen molar-refractivity contribution in [3.8, 4) is 0 Å². The zero-order chi connectivity index (χ0) is 18.1. The molecule has 2 heterocycles. The van der Waals surface area contributed by atoms with E-state index in [0.29, 0.717) is 11.0 Å². The van der Waals surface area contributed by atoms with Crippen LogP contribution in [0.4, 0.5) is 0 Å². The van der Waals surface area contributed by atoms with Crippen molar-refractivity contribution in [1.29, 1.82) is 0 Å². The fourth-order valence-corrected chi connectivity index (χ4v) is 3.58. The minimum atomic E-state index is -3.93. The molecule has 0 fully saturated rings. The monoisotopic (exact) mass is 414 g/mol. The predicted molar refractivity (Wildman–Crippen MR) is 92.8 cm³/mol. The number of amides is 1. The fraction of sp³-hybridized carbons (Fsp3) is 0.400. The Bertz CT molecular complexity index is 860. The van der Waals surface area contributed by atoms with E-state index >= 15 is 0 Å². The summed E-state index contributed by atoms with van der Waals surface area (Å²) >= 11 is 3.14. The molecular formula is C15H19BrN4O3S. The summed E-state index contributed by atoms with van der Waals surface area (Å²) in [7, 11) is -2.10. The molecule has 2 aromatic heterocycles.